The van der Waals surface area contributed by atoms with E-state index in [4.69, 9.17) is 21.1 Å². The van der Waals surface area contributed by atoms with Crippen molar-refractivity contribution in [2.45, 2.75) is 25.4 Å². The van der Waals surface area contributed by atoms with Crippen LogP contribution in [-0.2, 0) is 11.3 Å². The van der Waals surface area contributed by atoms with Crippen molar-refractivity contribution in [2.75, 3.05) is 20.8 Å². The SMILES string of the molecule is CNC(=O)COc1c(Cl)cc(CNC2CC2)cc1OC. The molecule has 1 aromatic carbocycles. The van der Waals surface area contributed by atoms with Gasteiger partial charge in [0.15, 0.2) is 18.1 Å². The Kier molecular flexibility index (Phi) is 5.09. The van der Waals surface area contributed by atoms with Gasteiger partial charge in [0.05, 0.1) is 12.1 Å². The van der Waals surface area contributed by atoms with E-state index in [9.17, 15) is 4.79 Å². The van der Waals surface area contributed by atoms with Gasteiger partial charge in [-0.1, -0.05) is 11.6 Å². The summed E-state index contributed by atoms with van der Waals surface area (Å²) in [4.78, 5) is 11.2. The average Bonchev–Trinajstić information content (AvgIpc) is 3.27. The number of hydrogen-bond donors (Lipinski definition) is 2. The number of halogens is 1. The van der Waals surface area contributed by atoms with Gasteiger partial charge < -0.3 is 20.1 Å². The van der Waals surface area contributed by atoms with Crippen LogP contribution >= 0.6 is 11.6 Å². The van der Waals surface area contributed by atoms with Crippen LogP contribution < -0.4 is 20.1 Å². The van der Waals surface area contributed by atoms with E-state index in [1.165, 1.54) is 12.8 Å². The van der Waals surface area contributed by atoms with Gasteiger partial charge >= 0.3 is 0 Å². The van der Waals surface area contributed by atoms with E-state index in [1.54, 1.807) is 14.2 Å². The smallest absolute Gasteiger partial charge is 0.257 e. The van der Waals surface area contributed by atoms with Crippen LogP contribution in [0.2, 0.25) is 5.02 Å². The number of likely N-dealkylation sites (N-methyl/N-ethyl adjacent to an activating group) is 1. The number of nitrogens with one attached hydrogen (secondary N) is 2. The van der Waals surface area contributed by atoms with E-state index in [0.29, 0.717) is 22.6 Å². The van der Waals surface area contributed by atoms with Gasteiger partial charge in [0.2, 0.25) is 0 Å². The summed E-state index contributed by atoms with van der Waals surface area (Å²) >= 11 is 6.21. The van der Waals surface area contributed by atoms with Crippen LogP contribution in [-0.4, -0.2) is 32.7 Å². The standard InChI is InChI=1S/C14H19ClN2O3/c1-16-13(18)8-20-14-11(15)5-9(6-12(14)19-2)7-17-10-3-4-10/h5-6,10,17H,3-4,7-8H2,1-2H3,(H,16,18). The van der Waals surface area contributed by atoms with E-state index < -0.39 is 0 Å². The normalized spacial score (nSPS) is 13.9. The van der Waals surface area contributed by atoms with Crippen LogP contribution in [0.25, 0.3) is 0 Å². The molecule has 0 bridgehead atoms. The molecule has 0 aromatic heterocycles. The third-order valence-corrected chi connectivity index (χ3v) is 3.37. The zero-order valence-electron chi connectivity index (χ0n) is 11.7. The van der Waals surface area contributed by atoms with Crippen molar-refractivity contribution in [1.29, 1.82) is 0 Å². The molecular weight excluding hydrogens is 280 g/mol. The summed E-state index contributed by atoms with van der Waals surface area (Å²) in [5.74, 6) is 0.713. The van der Waals surface area contributed by atoms with Gasteiger partial charge in [0.25, 0.3) is 5.91 Å². The Labute approximate surface area is 123 Å². The van der Waals surface area contributed by atoms with Crippen LogP contribution in [0.3, 0.4) is 0 Å². The van der Waals surface area contributed by atoms with Gasteiger partial charge in [-0.3, -0.25) is 4.79 Å². The molecule has 2 N–H and O–H groups in total. The monoisotopic (exact) mass is 298 g/mol. The number of methoxy groups -OCH3 is 1. The summed E-state index contributed by atoms with van der Waals surface area (Å²) in [6.07, 6.45) is 2.47. The summed E-state index contributed by atoms with van der Waals surface area (Å²) < 4.78 is 10.7. The highest BCUT2D eigenvalue weighted by Gasteiger charge is 2.20. The van der Waals surface area contributed by atoms with Crippen LogP contribution in [0.4, 0.5) is 0 Å². The quantitative estimate of drug-likeness (QED) is 0.805. The zero-order valence-corrected chi connectivity index (χ0v) is 12.4. The highest BCUT2D eigenvalue weighted by Crippen LogP contribution is 2.36. The van der Waals surface area contributed by atoms with Crippen LogP contribution in [0.1, 0.15) is 18.4 Å². The molecule has 0 aliphatic heterocycles. The summed E-state index contributed by atoms with van der Waals surface area (Å²) in [5, 5.41) is 6.34. The largest absolute Gasteiger partial charge is 0.493 e. The lowest BCUT2D eigenvalue weighted by Gasteiger charge is -2.14. The fourth-order valence-corrected chi connectivity index (χ4v) is 2.06. The zero-order chi connectivity index (χ0) is 14.5. The molecule has 6 heteroatoms. The molecule has 5 nitrogen and oxygen atoms in total. The number of carbonyl (C=O) groups excluding carboxylic acids is 1. The molecule has 0 radical (unpaired) electrons. The third-order valence-electron chi connectivity index (χ3n) is 3.09. The van der Waals surface area contributed by atoms with Crippen LogP contribution in [0, 0.1) is 0 Å². The van der Waals surface area contributed by atoms with Gasteiger partial charge in [0, 0.05) is 19.6 Å². The van der Waals surface area contributed by atoms with Crippen molar-refractivity contribution in [1.82, 2.24) is 10.6 Å². The minimum Gasteiger partial charge on any atom is -0.493 e. The third kappa shape index (κ3) is 4.02. The molecule has 1 aliphatic rings. The second-order valence-electron chi connectivity index (χ2n) is 4.73. The Balaban J connectivity index is 2.07. The van der Waals surface area contributed by atoms with E-state index >= 15 is 0 Å². The highest BCUT2D eigenvalue weighted by atomic mass is 35.5. The number of hydrogen-bond acceptors (Lipinski definition) is 4. The lowest BCUT2D eigenvalue weighted by Crippen LogP contribution is -2.25. The van der Waals surface area contributed by atoms with Gasteiger partial charge in [0.1, 0.15) is 0 Å². The van der Waals surface area contributed by atoms with Gasteiger partial charge in [-0.25, -0.2) is 0 Å². The molecule has 0 unspecified atom stereocenters. The topological polar surface area (TPSA) is 59.6 Å². The Morgan fingerprint density at radius 2 is 2.20 bits per heavy atom. The molecule has 0 saturated heterocycles. The van der Waals surface area contributed by atoms with E-state index in [0.717, 1.165) is 12.1 Å². The minimum absolute atomic E-state index is 0.0910. The fourth-order valence-electron chi connectivity index (χ4n) is 1.77. The van der Waals surface area contributed by atoms with Crippen molar-refractivity contribution < 1.29 is 14.3 Å². The highest BCUT2D eigenvalue weighted by molar-refractivity contribution is 6.32. The van der Waals surface area contributed by atoms with Crippen molar-refractivity contribution in [3.8, 4) is 11.5 Å². The predicted octanol–water partition coefficient (Wildman–Crippen LogP) is 1.73. The predicted molar refractivity (Wildman–Crippen MR) is 77.4 cm³/mol. The second-order valence-corrected chi connectivity index (χ2v) is 5.13. The maximum atomic E-state index is 11.2. The molecule has 110 valence electrons. The fraction of sp³-hybridized carbons (Fsp3) is 0.500. The molecule has 1 aliphatic carbocycles. The summed E-state index contributed by atoms with van der Waals surface area (Å²) in [7, 11) is 3.10. The number of amides is 1. The molecule has 0 spiro atoms. The first-order valence-electron chi connectivity index (χ1n) is 6.57. The van der Waals surface area contributed by atoms with Gasteiger partial charge in [-0.2, -0.15) is 0 Å². The van der Waals surface area contributed by atoms with E-state index in [2.05, 4.69) is 10.6 Å². The number of carbonyl (C=O) groups is 1. The van der Waals surface area contributed by atoms with Crippen molar-refractivity contribution in [3.05, 3.63) is 22.7 Å². The van der Waals surface area contributed by atoms with Crippen LogP contribution in [0.5, 0.6) is 11.5 Å². The molecule has 0 atom stereocenters. The van der Waals surface area contributed by atoms with Gasteiger partial charge in [-0.15, -0.1) is 0 Å². The molecule has 20 heavy (non-hydrogen) atoms. The van der Waals surface area contributed by atoms with Crippen LogP contribution in [0.15, 0.2) is 12.1 Å². The summed E-state index contributed by atoms with van der Waals surface area (Å²) in [6, 6.07) is 4.34. The minimum atomic E-state index is -0.220. The number of ether oxygens (including phenoxy) is 2. The van der Waals surface area contributed by atoms with Crippen molar-refractivity contribution in [2.24, 2.45) is 0 Å². The van der Waals surface area contributed by atoms with Crippen molar-refractivity contribution >= 4 is 17.5 Å². The van der Waals surface area contributed by atoms with Crippen molar-refractivity contribution in [3.63, 3.8) is 0 Å². The first-order chi connectivity index (χ1) is 9.63. The molecule has 1 aromatic rings. The molecule has 0 heterocycles. The molecule has 1 amide bonds. The first kappa shape index (κ1) is 14.9. The molecule has 1 fully saturated rings. The molecule has 2 rings (SSSR count). The Hall–Kier alpha value is -1.46. The molecule has 1 saturated carbocycles. The van der Waals surface area contributed by atoms with E-state index in [-0.39, 0.29) is 12.5 Å². The lowest BCUT2D eigenvalue weighted by atomic mass is 10.2. The Morgan fingerprint density at radius 1 is 1.45 bits per heavy atom. The van der Waals surface area contributed by atoms with E-state index in [1.807, 2.05) is 12.1 Å². The Bertz CT molecular complexity index is 490. The molecular formula is C14H19ClN2O3. The Morgan fingerprint density at radius 3 is 2.80 bits per heavy atom. The average molecular weight is 299 g/mol. The first-order valence-corrected chi connectivity index (χ1v) is 6.95. The number of benzene rings is 1. The maximum Gasteiger partial charge on any atom is 0.257 e. The second kappa shape index (κ2) is 6.81. The number of rotatable bonds is 7. The lowest BCUT2D eigenvalue weighted by molar-refractivity contribution is -0.122. The summed E-state index contributed by atoms with van der Waals surface area (Å²) in [6.45, 7) is 0.655. The van der Waals surface area contributed by atoms with Gasteiger partial charge in [-0.05, 0) is 30.5 Å². The maximum absolute atomic E-state index is 11.2. The summed E-state index contributed by atoms with van der Waals surface area (Å²) in [5.41, 5.74) is 1.03.